The molecule has 0 fully saturated rings. The molecule has 3 aromatic rings. The molecular formula is C19H17O5P. The van der Waals surface area contributed by atoms with Crippen molar-refractivity contribution in [3.63, 3.8) is 0 Å². The van der Waals surface area contributed by atoms with E-state index >= 15 is 0 Å². The standard InChI is InChI=1S/C19H17O5P/c1-10-7-11(2)17-16(8-10)22-19(12(3)18(17)20)13-5-6-14-15(9-13)24-25(4,21)23-14/h5-9H,1-4H3. The van der Waals surface area contributed by atoms with Crippen molar-refractivity contribution in [2.45, 2.75) is 20.8 Å². The topological polar surface area (TPSA) is 65.7 Å². The Morgan fingerprint density at radius 2 is 1.68 bits per heavy atom. The number of aryl methyl sites for hydroxylation is 2. The fraction of sp³-hybridized carbons (Fsp3) is 0.211. The summed E-state index contributed by atoms with van der Waals surface area (Å²) in [5.74, 6) is 1.31. The van der Waals surface area contributed by atoms with Crippen molar-refractivity contribution in [2.75, 3.05) is 6.66 Å². The monoisotopic (exact) mass is 356 g/mol. The molecule has 0 spiro atoms. The highest BCUT2D eigenvalue weighted by Crippen LogP contribution is 2.56. The van der Waals surface area contributed by atoms with E-state index in [-0.39, 0.29) is 5.43 Å². The van der Waals surface area contributed by atoms with Gasteiger partial charge in [-0.2, -0.15) is 0 Å². The van der Waals surface area contributed by atoms with E-state index in [1.54, 1.807) is 25.1 Å². The molecule has 0 saturated carbocycles. The second-order valence-corrected chi connectivity index (χ2v) is 8.36. The summed E-state index contributed by atoms with van der Waals surface area (Å²) in [6, 6.07) is 8.97. The predicted molar refractivity (Wildman–Crippen MR) is 96.9 cm³/mol. The fourth-order valence-electron chi connectivity index (χ4n) is 3.22. The normalized spacial score (nSPS) is 18.7. The van der Waals surface area contributed by atoms with Crippen LogP contribution in [-0.4, -0.2) is 6.66 Å². The third-order valence-electron chi connectivity index (χ3n) is 4.30. The summed E-state index contributed by atoms with van der Waals surface area (Å²) in [5, 5.41) is 0.602. The minimum absolute atomic E-state index is 0.0485. The molecule has 1 atom stereocenters. The lowest BCUT2D eigenvalue weighted by Gasteiger charge is -2.10. The molecule has 1 aliphatic rings. The van der Waals surface area contributed by atoms with Gasteiger partial charge in [-0.15, -0.1) is 0 Å². The Kier molecular flexibility index (Phi) is 3.35. The second-order valence-electron chi connectivity index (χ2n) is 6.46. The largest absolute Gasteiger partial charge is 0.456 e. The minimum Gasteiger partial charge on any atom is -0.456 e. The van der Waals surface area contributed by atoms with Gasteiger partial charge in [0.05, 0.1) is 12.1 Å². The summed E-state index contributed by atoms with van der Waals surface area (Å²) in [4.78, 5) is 12.8. The van der Waals surface area contributed by atoms with E-state index in [1.165, 1.54) is 6.66 Å². The molecule has 0 aliphatic carbocycles. The molecule has 1 aliphatic heterocycles. The molecule has 5 nitrogen and oxygen atoms in total. The molecule has 4 rings (SSSR count). The molecule has 0 amide bonds. The number of benzene rings is 2. The number of hydrogen-bond donors (Lipinski definition) is 0. The molecule has 2 heterocycles. The van der Waals surface area contributed by atoms with Gasteiger partial charge in [-0.3, -0.25) is 4.79 Å². The third-order valence-corrected chi connectivity index (χ3v) is 5.35. The number of rotatable bonds is 1. The fourth-order valence-corrected chi connectivity index (χ4v) is 4.27. The van der Waals surface area contributed by atoms with Crippen LogP contribution in [0.15, 0.2) is 39.5 Å². The van der Waals surface area contributed by atoms with Crippen LogP contribution in [0, 0.1) is 20.8 Å². The van der Waals surface area contributed by atoms with E-state index in [2.05, 4.69) is 0 Å². The summed E-state index contributed by atoms with van der Waals surface area (Å²) < 4.78 is 28.7. The van der Waals surface area contributed by atoms with Crippen molar-refractivity contribution in [1.82, 2.24) is 0 Å². The SMILES string of the molecule is Cc1cc(C)c2c(=O)c(C)c(-c3ccc4c(c3)OP(C)(=O)O4)oc2c1. The molecule has 0 saturated heterocycles. The van der Waals surface area contributed by atoms with Gasteiger partial charge in [-0.05, 0) is 56.2 Å². The van der Waals surface area contributed by atoms with Crippen molar-refractivity contribution in [3.8, 4) is 22.8 Å². The minimum atomic E-state index is -3.10. The first-order valence-electron chi connectivity index (χ1n) is 7.91. The maximum absolute atomic E-state index is 12.8. The van der Waals surface area contributed by atoms with Crippen LogP contribution in [-0.2, 0) is 4.57 Å². The number of fused-ring (bicyclic) bond motifs is 2. The lowest BCUT2D eigenvalue weighted by atomic mass is 10.0. The Labute approximate surface area is 144 Å². The molecule has 0 N–H and O–H groups in total. The highest BCUT2D eigenvalue weighted by molar-refractivity contribution is 7.54. The van der Waals surface area contributed by atoms with Crippen molar-refractivity contribution < 1.29 is 18.0 Å². The molecular weight excluding hydrogens is 339 g/mol. The van der Waals surface area contributed by atoms with Crippen molar-refractivity contribution in [3.05, 3.63) is 57.2 Å². The maximum Gasteiger partial charge on any atom is 0.427 e. The molecule has 6 heteroatoms. The lowest BCUT2D eigenvalue weighted by molar-refractivity contribution is 0.439. The van der Waals surface area contributed by atoms with Crippen molar-refractivity contribution in [1.29, 1.82) is 0 Å². The van der Waals surface area contributed by atoms with Crippen LogP contribution in [0.1, 0.15) is 16.7 Å². The zero-order chi connectivity index (χ0) is 17.9. The van der Waals surface area contributed by atoms with E-state index in [0.717, 1.165) is 11.1 Å². The van der Waals surface area contributed by atoms with Crippen LogP contribution < -0.4 is 14.5 Å². The summed E-state index contributed by atoms with van der Waals surface area (Å²) in [6.07, 6.45) is 0. The van der Waals surface area contributed by atoms with Crippen molar-refractivity contribution >= 4 is 18.6 Å². The average molecular weight is 356 g/mol. The smallest absolute Gasteiger partial charge is 0.427 e. The first-order valence-corrected chi connectivity index (χ1v) is 9.90. The van der Waals surface area contributed by atoms with E-state index in [1.807, 2.05) is 26.0 Å². The van der Waals surface area contributed by atoms with Crippen molar-refractivity contribution in [2.24, 2.45) is 0 Å². The summed E-state index contributed by atoms with van der Waals surface area (Å²) in [5.41, 5.74) is 3.64. The van der Waals surface area contributed by atoms with Gasteiger partial charge < -0.3 is 13.5 Å². The summed E-state index contributed by atoms with van der Waals surface area (Å²) in [6.45, 7) is 7.03. The lowest BCUT2D eigenvalue weighted by Crippen LogP contribution is -2.09. The quantitative estimate of drug-likeness (QED) is 0.575. The highest BCUT2D eigenvalue weighted by Gasteiger charge is 2.31. The molecule has 25 heavy (non-hydrogen) atoms. The second kappa shape index (κ2) is 5.24. The third kappa shape index (κ3) is 2.56. The van der Waals surface area contributed by atoms with Gasteiger partial charge in [0.15, 0.2) is 16.9 Å². The Morgan fingerprint density at radius 1 is 0.960 bits per heavy atom. The first kappa shape index (κ1) is 16.0. The first-order chi connectivity index (χ1) is 11.7. The van der Waals surface area contributed by atoms with Gasteiger partial charge in [0.25, 0.3) is 0 Å². The zero-order valence-electron chi connectivity index (χ0n) is 14.4. The molecule has 128 valence electrons. The van der Waals surface area contributed by atoms with E-state index in [4.69, 9.17) is 13.5 Å². The van der Waals surface area contributed by atoms with Gasteiger partial charge in [-0.1, -0.05) is 6.07 Å². The maximum atomic E-state index is 12.8. The van der Waals surface area contributed by atoms with Crippen LogP contribution in [0.5, 0.6) is 11.5 Å². The molecule has 1 unspecified atom stereocenters. The van der Waals surface area contributed by atoms with Crippen LogP contribution in [0.3, 0.4) is 0 Å². The zero-order valence-corrected chi connectivity index (χ0v) is 15.3. The van der Waals surface area contributed by atoms with E-state index < -0.39 is 7.60 Å². The predicted octanol–water partition coefficient (Wildman–Crippen LogP) is 4.98. The Bertz CT molecular complexity index is 1140. The molecule has 0 bridgehead atoms. The molecule has 2 aromatic carbocycles. The van der Waals surface area contributed by atoms with Gasteiger partial charge in [0.1, 0.15) is 11.3 Å². The average Bonchev–Trinajstić information content (AvgIpc) is 2.82. The number of hydrogen-bond acceptors (Lipinski definition) is 5. The van der Waals surface area contributed by atoms with Gasteiger partial charge >= 0.3 is 7.60 Å². The van der Waals surface area contributed by atoms with E-state index in [9.17, 15) is 9.36 Å². The van der Waals surface area contributed by atoms with Crippen LogP contribution >= 0.6 is 7.60 Å². The summed E-state index contributed by atoms with van der Waals surface area (Å²) in [7, 11) is -3.10. The Morgan fingerprint density at radius 3 is 2.44 bits per heavy atom. The molecule has 1 aromatic heterocycles. The van der Waals surface area contributed by atoms with Gasteiger partial charge in [0.2, 0.25) is 0 Å². The van der Waals surface area contributed by atoms with E-state index in [0.29, 0.717) is 39.4 Å². The van der Waals surface area contributed by atoms with Crippen LogP contribution in [0.4, 0.5) is 0 Å². The van der Waals surface area contributed by atoms with Crippen LogP contribution in [0.25, 0.3) is 22.3 Å². The summed E-state index contributed by atoms with van der Waals surface area (Å²) >= 11 is 0. The Balaban J connectivity index is 1.96. The van der Waals surface area contributed by atoms with Gasteiger partial charge in [-0.25, -0.2) is 4.57 Å². The molecule has 0 radical (unpaired) electrons. The van der Waals surface area contributed by atoms with Gasteiger partial charge in [0, 0.05) is 11.1 Å². The highest BCUT2D eigenvalue weighted by atomic mass is 31.2. The van der Waals surface area contributed by atoms with Crippen LogP contribution in [0.2, 0.25) is 0 Å². The Hall–Kier alpha value is -2.52.